The highest BCUT2D eigenvalue weighted by molar-refractivity contribution is 9.10. The largest absolute Gasteiger partial charge is 0.369 e. The van der Waals surface area contributed by atoms with Gasteiger partial charge in [0.2, 0.25) is 10.0 Å². The van der Waals surface area contributed by atoms with Gasteiger partial charge in [0.05, 0.1) is 4.90 Å². The van der Waals surface area contributed by atoms with Gasteiger partial charge in [0, 0.05) is 42.4 Å². The summed E-state index contributed by atoms with van der Waals surface area (Å²) in [5.41, 5.74) is 5.32. The summed E-state index contributed by atoms with van der Waals surface area (Å²) in [4.78, 5) is 5.13. The van der Waals surface area contributed by atoms with Crippen LogP contribution in [0.25, 0.3) is 0 Å². The van der Waals surface area contributed by atoms with E-state index in [0.717, 1.165) is 49.9 Å². The Morgan fingerprint density at radius 3 is 2.38 bits per heavy atom. The summed E-state index contributed by atoms with van der Waals surface area (Å²) in [5.74, 6) is 0. The second-order valence-corrected chi connectivity index (χ2v) is 10.8. The molecule has 156 valence electrons. The molecule has 1 atom stereocenters. The molecule has 1 aliphatic heterocycles. The van der Waals surface area contributed by atoms with E-state index in [0.29, 0.717) is 4.90 Å². The Morgan fingerprint density at radius 1 is 1.00 bits per heavy atom. The van der Waals surface area contributed by atoms with Crippen molar-refractivity contribution in [1.29, 1.82) is 0 Å². The second-order valence-electron chi connectivity index (χ2n) is 8.16. The standard InChI is InChI=1S/C22H28BrN3O2S/c1-16-3-10-22(26-13-11-25(2)12-14-26)21-15-18(6-9-20(16)21)24-29(27,28)19-7-4-17(23)5-8-19/h3-5,7-8,10,18,24H,6,9,11-15H2,1-2H3/t18-/m1/s1. The van der Waals surface area contributed by atoms with Gasteiger partial charge in [-0.2, -0.15) is 0 Å². The highest BCUT2D eigenvalue weighted by Gasteiger charge is 2.28. The van der Waals surface area contributed by atoms with Crippen LogP contribution < -0.4 is 9.62 Å². The maximum absolute atomic E-state index is 12.9. The van der Waals surface area contributed by atoms with E-state index in [1.807, 2.05) is 0 Å². The molecule has 2 aliphatic rings. The molecule has 1 heterocycles. The second kappa shape index (κ2) is 8.38. The fourth-order valence-electron chi connectivity index (χ4n) is 4.39. The van der Waals surface area contributed by atoms with Crippen LogP contribution in [0.4, 0.5) is 5.69 Å². The van der Waals surface area contributed by atoms with E-state index in [2.05, 4.69) is 56.6 Å². The number of piperazine rings is 1. The van der Waals surface area contributed by atoms with Crippen molar-refractivity contribution in [2.75, 3.05) is 38.1 Å². The number of nitrogens with zero attached hydrogens (tertiary/aromatic N) is 2. The number of nitrogens with one attached hydrogen (secondary N) is 1. The van der Waals surface area contributed by atoms with Crippen LogP contribution in [0.2, 0.25) is 0 Å². The fourth-order valence-corrected chi connectivity index (χ4v) is 5.92. The van der Waals surface area contributed by atoms with Gasteiger partial charge in [-0.1, -0.05) is 22.0 Å². The van der Waals surface area contributed by atoms with Crippen molar-refractivity contribution in [3.05, 3.63) is 57.6 Å². The number of aryl methyl sites for hydroxylation is 1. The third-order valence-corrected chi connectivity index (χ3v) is 8.19. The van der Waals surface area contributed by atoms with Crippen molar-refractivity contribution in [3.63, 3.8) is 0 Å². The van der Waals surface area contributed by atoms with Crippen molar-refractivity contribution >= 4 is 31.6 Å². The van der Waals surface area contributed by atoms with E-state index in [1.54, 1.807) is 24.3 Å². The highest BCUT2D eigenvalue weighted by Crippen LogP contribution is 2.34. The van der Waals surface area contributed by atoms with Crippen LogP contribution in [-0.2, 0) is 22.9 Å². The summed E-state index contributed by atoms with van der Waals surface area (Å²) >= 11 is 3.36. The summed E-state index contributed by atoms with van der Waals surface area (Å²) in [7, 11) is -1.36. The minimum Gasteiger partial charge on any atom is -0.369 e. The summed E-state index contributed by atoms with van der Waals surface area (Å²) in [6.45, 7) is 6.31. The lowest BCUT2D eigenvalue weighted by atomic mass is 9.84. The number of sulfonamides is 1. The zero-order valence-corrected chi connectivity index (χ0v) is 19.4. The fraction of sp³-hybridized carbons (Fsp3) is 0.455. The highest BCUT2D eigenvalue weighted by atomic mass is 79.9. The summed E-state index contributed by atoms with van der Waals surface area (Å²) < 4.78 is 29.6. The van der Waals surface area contributed by atoms with Gasteiger partial charge >= 0.3 is 0 Å². The minimum absolute atomic E-state index is 0.0795. The molecule has 1 fully saturated rings. The van der Waals surface area contributed by atoms with Crippen molar-refractivity contribution in [1.82, 2.24) is 9.62 Å². The predicted molar refractivity (Wildman–Crippen MR) is 121 cm³/mol. The van der Waals surface area contributed by atoms with E-state index in [1.165, 1.54) is 22.4 Å². The molecule has 0 saturated carbocycles. The molecule has 0 spiro atoms. The van der Waals surface area contributed by atoms with Crippen molar-refractivity contribution in [2.45, 2.75) is 37.1 Å². The topological polar surface area (TPSA) is 52.6 Å². The first-order valence-electron chi connectivity index (χ1n) is 10.2. The lowest BCUT2D eigenvalue weighted by Gasteiger charge is -2.37. The number of fused-ring (bicyclic) bond motifs is 1. The molecule has 0 radical (unpaired) electrons. The van der Waals surface area contributed by atoms with Gasteiger partial charge < -0.3 is 9.80 Å². The van der Waals surface area contributed by atoms with Gasteiger partial charge in [0.1, 0.15) is 0 Å². The van der Waals surface area contributed by atoms with Gasteiger partial charge in [0.25, 0.3) is 0 Å². The Hall–Kier alpha value is -1.41. The molecular weight excluding hydrogens is 450 g/mol. The molecule has 7 heteroatoms. The van der Waals surface area contributed by atoms with Crippen LogP contribution in [0.15, 0.2) is 45.8 Å². The van der Waals surface area contributed by atoms with Crippen LogP contribution in [-0.4, -0.2) is 52.6 Å². The molecule has 5 nitrogen and oxygen atoms in total. The van der Waals surface area contributed by atoms with Gasteiger partial charge in [-0.3, -0.25) is 0 Å². The van der Waals surface area contributed by atoms with Crippen LogP contribution in [0.1, 0.15) is 23.1 Å². The molecule has 0 amide bonds. The van der Waals surface area contributed by atoms with Gasteiger partial charge in [-0.15, -0.1) is 0 Å². The summed E-state index contributed by atoms with van der Waals surface area (Å²) in [5, 5.41) is 0. The first-order chi connectivity index (χ1) is 13.8. The molecule has 1 aliphatic carbocycles. The zero-order valence-electron chi connectivity index (χ0n) is 17.0. The Morgan fingerprint density at radius 2 is 1.69 bits per heavy atom. The Bertz CT molecular complexity index is 984. The normalized spacial score (nSPS) is 20.5. The zero-order chi connectivity index (χ0) is 20.6. The lowest BCUT2D eigenvalue weighted by molar-refractivity contribution is 0.312. The molecule has 0 aromatic heterocycles. The van der Waals surface area contributed by atoms with Crippen molar-refractivity contribution in [2.24, 2.45) is 0 Å². The molecule has 29 heavy (non-hydrogen) atoms. The van der Waals surface area contributed by atoms with Gasteiger partial charge in [-0.25, -0.2) is 13.1 Å². The number of anilines is 1. The van der Waals surface area contributed by atoms with E-state index in [9.17, 15) is 8.42 Å². The van der Waals surface area contributed by atoms with Crippen molar-refractivity contribution in [3.8, 4) is 0 Å². The van der Waals surface area contributed by atoms with E-state index in [4.69, 9.17) is 0 Å². The third-order valence-electron chi connectivity index (χ3n) is 6.12. The van der Waals surface area contributed by atoms with Crippen LogP contribution >= 0.6 is 15.9 Å². The third kappa shape index (κ3) is 4.53. The SMILES string of the molecule is Cc1ccc(N2CCN(C)CC2)c2c1CC[C@@H](NS(=O)(=O)c1ccc(Br)cc1)C2. The maximum atomic E-state index is 12.9. The molecule has 1 saturated heterocycles. The Labute approximate surface area is 182 Å². The van der Waals surface area contributed by atoms with Crippen LogP contribution in [0.3, 0.4) is 0 Å². The van der Waals surface area contributed by atoms with Gasteiger partial charge in [-0.05, 0) is 80.3 Å². The molecule has 1 N–H and O–H groups in total. The quantitative estimate of drug-likeness (QED) is 0.733. The number of halogens is 1. The van der Waals surface area contributed by atoms with E-state index in [-0.39, 0.29) is 6.04 Å². The molecule has 2 aromatic rings. The van der Waals surface area contributed by atoms with E-state index >= 15 is 0 Å². The summed E-state index contributed by atoms with van der Waals surface area (Å²) in [6.07, 6.45) is 2.49. The average molecular weight is 478 g/mol. The Balaban J connectivity index is 1.57. The number of likely N-dealkylation sites (N-methyl/N-ethyl adjacent to an activating group) is 1. The maximum Gasteiger partial charge on any atom is 0.240 e. The first-order valence-corrected chi connectivity index (χ1v) is 12.4. The Kier molecular flexibility index (Phi) is 6.02. The van der Waals surface area contributed by atoms with Crippen molar-refractivity contribution < 1.29 is 8.42 Å². The number of rotatable bonds is 4. The predicted octanol–water partition coefficient (Wildman–Crippen LogP) is 3.35. The number of hydrogen-bond acceptors (Lipinski definition) is 4. The monoisotopic (exact) mass is 477 g/mol. The van der Waals surface area contributed by atoms with E-state index < -0.39 is 10.0 Å². The van der Waals surface area contributed by atoms with Crippen LogP contribution in [0.5, 0.6) is 0 Å². The minimum atomic E-state index is -3.53. The number of hydrogen-bond donors (Lipinski definition) is 1. The molecule has 2 aromatic carbocycles. The molecule has 4 rings (SSSR count). The summed E-state index contributed by atoms with van der Waals surface area (Å²) in [6, 6.07) is 11.2. The molecule has 0 unspecified atom stereocenters. The van der Waals surface area contributed by atoms with Gasteiger partial charge in [0.15, 0.2) is 0 Å². The number of benzene rings is 2. The molecule has 0 bridgehead atoms. The van der Waals surface area contributed by atoms with Crippen LogP contribution in [0, 0.1) is 6.92 Å². The first kappa shape index (κ1) is 20.8. The smallest absolute Gasteiger partial charge is 0.240 e. The average Bonchev–Trinajstić information content (AvgIpc) is 2.69. The molecular formula is C22H28BrN3O2S. The lowest BCUT2D eigenvalue weighted by Crippen LogP contribution is -2.45.